The lowest BCUT2D eigenvalue weighted by Crippen LogP contribution is -2.44. The standard InChI is InChI=1S/C21H21Cl2NO3/c22-17-5-6-18(19(23)13-17)20(25)16-3-1-15(2-4-16)14-24-9-7-21(8-10-24)26-11-12-27-21/h1-6,13H,7-12,14H2. The summed E-state index contributed by atoms with van der Waals surface area (Å²) in [5.41, 5.74) is 2.26. The minimum Gasteiger partial charge on any atom is -0.347 e. The summed E-state index contributed by atoms with van der Waals surface area (Å²) in [6, 6.07) is 12.7. The van der Waals surface area contributed by atoms with Crippen LogP contribution in [0.15, 0.2) is 42.5 Å². The van der Waals surface area contributed by atoms with Gasteiger partial charge in [0.25, 0.3) is 0 Å². The third-order valence-corrected chi connectivity index (χ3v) is 5.78. The first-order chi connectivity index (χ1) is 13.0. The van der Waals surface area contributed by atoms with Gasteiger partial charge >= 0.3 is 0 Å². The molecule has 0 saturated carbocycles. The summed E-state index contributed by atoms with van der Waals surface area (Å²) in [5.74, 6) is -0.441. The van der Waals surface area contributed by atoms with Crippen LogP contribution in [0, 0.1) is 0 Å². The Hall–Kier alpha value is -1.43. The number of carbonyl (C=O) groups is 1. The van der Waals surface area contributed by atoms with Crippen LogP contribution in [0.4, 0.5) is 0 Å². The van der Waals surface area contributed by atoms with E-state index in [2.05, 4.69) is 4.90 Å². The maximum Gasteiger partial charge on any atom is 0.194 e. The van der Waals surface area contributed by atoms with E-state index < -0.39 is 0 Å². The number of likely N-dealkylation sites (tertiary alicyclic amines) is 1. The molecule has 4 nitrogen and oxygen atoms in total. The van der Waals surface area contributed by atoms with Crippen molar-refractivity contribution < 1.29 is 14.3 Å². The van der Waals surface area contributed by atoms with Crippen LogP contribution < -0.4 is 0 Å². The second kappa shape index (κ2) is 7.90. The molecule has 0 atom stereocenters. The van der Waals surface area contributed by atoms with Gasteiger partial charge in [0.05, 0.1) is 18.2 Å². The maximum absolute atomic E-state index is 12.7. The van der Waals surface area contributed by atoms with Crippen molar-refractivity contribution in [2.24, 2.45) is 0 Å². The first-order valence-electron chi connectivity index (χ1n) is 9.14. The first-order valence-corrected chi connectivity index (χ1v) is 9.89. The summed E-state index contributed by atoms with van der Waals surface area (Å²) in [6.45, 7) is 4.15. The van der Waals surface area contributed by atoms with Crippen molar-refractivity contribution in [2.45, 2.75) is 25.2 Å². The van der Waals surface area contributed by atoms with Gasteiger partial charge < -0.3 is 9.47 Å². The van der Waals surface area contributed by atoms with Gasteiger partial charge in [-0.05, 0) is 23.8 Å². The molecule has 0 aromatic heterocycles. The van der Waals surface area contributed by atoms with Gasteiger partial charge in [-0.25, -0.2) is 0 Å². The van der Waals surface area contributed by atoms with Crippen molar-refractivity contribution in [1.29, 1.82) is 0 Å². The van der Waals surface area contributed by atoms with Crippen LogP contribution in [0.5, 0.6) is 0 Å². The first kappa shape index (κ1) is 18.9. The monoisotopic (exact) mass is 405 g/mol. The number of halogens is 2. The van der Waals surface area contributed by atoms with E-state index in [0.717, 1.165) is 32.5 Å². The molecule has 6 heteroatoms. The number of carbonyl (C=O) groups excluding carboxylic acids is 1. The van der Waals surface area contributed by atoms with Gasteiger partial charge in [-0.15, -0.1) is 0 Å². The Morgan fingerprint density at radius 2 is 1.67 bits per heavy atom. The highest BCUT2D eigenvalue weighted by Gasteiger charge is 2.39. The second-order valence-corrected chi connectivity index (χ2v) is 7.88. The van der Waals surface area contributed by atoms with Gasteiger partial charge in [0, 0.05) is 48.6 Å². The van der Waals surface area contributed by atoms with Crippen LogP contribution in [0.25, 0.3) is 0 Å². The highest BCUT2D eigenvalue weighted by atomic mass is 35.5. The number of benzene rings is 2. The molecule has 2 heterocycles. The van der Waals surface area contributed by atoms with Crippen LogP contribution in [0.2, 0.25) is 10.0 Å². The molecule has 0 amide bonds. The Kier molecular flexibility index (Phi) is 5.53. The highest BCUT2D eigenvalue weighted by molar-refractivity contribution is 6.37. The number of hydrogen-bond donors (Lipinski definition) is 0. The number of hydrogen-bond acceptors (Lipinski definition) is 4. The number of piperidine rings is 1. The van der Waals surface area contributed by atoms with Crippen molar-refractivity contribution in [1.82, 2.24) is 4.90 Å². The van der Waals surface area contributed by atoms with E-state index in [-0.39, 0.29) is 11.6 Å². The van der Waals surface area contributed by atoms with Gasteiger partial charge in [-0.2, -0.15) is 0 Å². The summed E-state index contributed by atoms with van der Waals surface area (Å²) in [6.07, 6.45) is 1.80. The Bertz CT molecular complexity index is 822. The highest BCUT2D eigenvalue weighted by Crippen LogP contribution is 2.31. The van der Waals surface area contributed by atoms with Crippen molar-refractivity contribution in [3.63, 3.8) is 0 Å². The average Bonchev–Trinajstić information content (AvgIpc) is 3.12. The number of nitrogens with zero attached hydrogens (tertiary/aromatic N) is 1. The zero-order valence-electron chi connectivity index (χ0n) is 14.9. The SMILES string of the molecule is O=C(c1ccc(CN2CCC3(CC2)OCCO3)cc1)c1ccc(Cl)cc1Cl. The summed E-state index contributed by atoms with van der Waals surface area (Å²) in [7, 11) is 0. The molecule has 0 bridgehead atoms. The topological polar surface area (TPSA) is 38.8 Å². The molecule has 1 spiro atoms. The Morgan fingerprint density at radius 3 is 2.30 bits per heavy atom. The molecule has 0 N–H and O–H groups in total. The smallest absolute Gasteiger partial charge is 0.194 e. The summed E-state index contributed by atoms with van der Waals surface area (Å²) >= 11 is 12.1. The summed E-state index contributed by atoms with van der Waals surface area (Å²) < 4.78 is 11.6. The predicted octanol–water partition coefficient (Wildman–Crippen LogP) is 4.56. The lowest BCUT2D eigenvalue weighted by molar-refractivity contribution is -0.185. The second-order valence-electron chi connectivity index (χ2n) is 7.03. The molecular formula is C21H21Cl2NO3. The zero-order chi connectivity index (χ0) is 18.9. The fourth-order valence-electron chi connectivity index (χ4n) is 3.69. The van der Waals surface area contributed by atoms with Gasteiger partial charge in [-0.1, -0.05) is 47.5 Å². The molecule has 0 aliphatic carbocycles. The Morgan fingerprint density at radius 1 is 1.00 bits per heavy atom. The molecule has 4 rings (SSSR count). The molecular weight excluding hydrogens is 385 g/mol. The number of rotatable bonds is 4. The lowest BCUT2D eigenvalue weighted by Gasteiger charge is -2.37. The van der Waals surface area contributed by atoms with E-state index in [0.29, 0.717) is 34.4 Å². The quantitative estimate of drug-likeness (QED) is 0.698. The minimum atomic E-state index is -0.343. The third kappa shape index (κ3) is 4.20. The van der Waals surface area contributed by atoms with E-state index in [1.165, 1.54) is 5.56 Å². The molecule has 2 aliphatic rings. The largest absolute Gasteiger partial charge is 0.347 e. The Balaban J connectivity index is 1.38. The lowest BCUT2D eigenvalue weighted by atomic mass is 10.0. The van der Waals surface area contributed by atoms with Crippen LogP contribution in [-0.4, -0.2) is 42.8 Å². The third-order valence-electron chi connectivity index (χ3n) is 5.23. The molecule has 0 radical (unpaired) electrons. The maximum atomic E-state index is 12.7. The van der Waals surface area contributed by atoms with Crippen molar-refractivity contribution in [3.8, 4) is 0 Å². The van der Waals surface area contributed by atoms with E-state index >= 15 is 0 Å². The predicted molar refractivity (Wildman–Crippen MR) is 105 cm³/mol. The fourth-order valence-corrected chi connectivity index (χ4v) is 4.18. The molecule has 2 aromatic rings. The summed E-state index contributed by atoms with van der Waals surface area (Å²) in [5, 5.41) is 0.888. The van der Waals surface area contributed by atoms with Crippen LogP contribution >= 0.6 is 23.2 Å². The summed E-state index contributed by atoms with van der Waals surface area (Å²) in [4.78, 5) is 15.0. The van der Waals surface area contributed by atoms with Crippen LogP contribution in [0.1, 0.15) is 34.3 Å². The van der Waals surface area contributed by atoms with Crippen LogP contribution in [0.3, 0.4) is 0 Å². The molecule has 142 valence electrons. The van der Waals surface area contributed by atoms with E-state index in [4.69, 9.17) is 32.7 Å². The van der Waals surface area contributed by atoms with Crippen molar-refractivity contribution >= 4 is 29.0 Å². The number of ether oxygens (including phenoxy) is 2. The van der Waals surface area contributed by atoms with Crippen molar-refractivity contribution in [3.05, 3.63) is 69.2 Å². The van der Waals surface area contributed by atoms with E-state index in [1.807, 2.05) is 24.3 Å². The molecule has 2 aromatic carbocycles. The Labute approximate surface area is 169 Å². The van der Waals surface area contributed by atoms with Crippen LogP contribution in [-0.2, 0) is 16.0 Å². The van der Waals surface area contributed by atoms with E-state index in [9.17, 15) is 4.79 Å². The van der Waals surface area contributed by atoms with Crippen molar-refractivity contribution in [2.75, 3.05) is 26.3 Å². The minimum absolute atomic E-state index is 0.0985. The normalized spacial score (nSPS) is 19.5. The molecule has 0 unspecified atom stereocenters. The average molecular weight is 406 g/mol. The zero-order valence-corrected chi connectivity index (χ0v) is 16.4. The van der Waals surface area contributed by atoms with Gasteiger partial charge in [0.15, 0.2) is 11.6 Å². The fraction of sp³-hybridized carbons (Fsp3) is 0.381. The molecule has 27 heavy (non-hydrogen) atoms. The van der Waals surface area contributed by atoms with Gasteiger partial charge in [-0.3, -0.25) is 9.69 Å². The molecule has 2 saturated heterocycles. The number of ketones is 1. The molecule has 2 fully saturated rings. The van der Waals surface area contributed by atoms with E-state index in [1.54, 1.807) is 18.2 Å². The van der Waals surface area contributed by atoms with Gasteiger partial charge in [0.2, 0.25) is 0 Å². The molecule has 2 aliphatic heterocycles. The van der Waals surface area contributed by atoms with Gasteiger partial charge in [0.1, 0.15) is 0 Å².